The third-order valence-electron chi connectivity index (χ3n) is 4.68. The van der Waals surface area contributed by atoms with Gasteiger partial charge in [0.25, 0.3) is 0 Å². The number of ether oxygens (including phenoxy) is 1. The van der Waals surface area contributed by atoms with Gasteiger partial charge in [-0.1, -0.05) is 18.2 Å². The van der Waals surface area contributed by atoms with Gasteiger partial charge in [0, 0.05) is 37.9 Å². The van der Waals surface area contributed by atoms with Gasteiger partial charge in [0.15, 0.2) is 0 Å². The van der Waals surface area contributed by atoms with Crippen molar-refractivity contribution in [2.75, 3.05) is 37.0 Å². The molecule has 1 aromatic carbocycles. The summed E-state index contributed by atoms with van der Waals surface area (Å²) in [6, 6.07) is 12.4. The number of carbonyl (C=O) groups excluding carboxylic acids is 1. The van der Waals surface area contributed by atoms with Crippen molar-refractivity contribution in [2.45, 2.75) is 32.7 Å². The Hall–Kier alpha value is -2.83. The molecule has 0 spiro atoms. The van der Waals surface area contributed by atoms with Gasteiger partial charge in [-0.3, -0.25) is 0 Å². The van der Waals surface area contributed by atoms with Crippen molar-refractivity contribution >= 4 is 23.4 Å². The number of aryl methyl sites for hydroxylation is 1. The van der Waals surface area contributed by atoms with E-state index in [2.05, 4.69) is 27.4 Å². The van der Waals surface area contributed by atoms with Crippen molar-refractivity contribution in [3.63, 3.8) is 0 Å². The van der Waals surface area contributed by atoms with Crippen LogP contribution in [-0.4, -0.2) is 53.7 Å². The maximum atomic E-state index is 11.8. The molecule has 2 aromatic rings. The fourth-order valence-electron chi connectivity index (χ4n) is 3.21. The SMILES string of the molecule is CCOC(=O)N1CCC(Nc2cc(N(C)c3ccccc3)nc(C)n2)CC1. The summed E-state index contributed by atoms with van der Waals surface area (Å²) in [6.07, 6.45) is 1.51. The Morgan fingerprint density at radius 2 is 1.96 bits per heavy atom. The zero-order valence-electron chi connectivity index (χ0n) is 16.2. The van der Waals surface area contributed by atoms with Crippen LogP contribution in [0, 0.1) is 6.92 Å². The number of piperidine rings is 1. The first-order valence-electron chi connectivity index (χ1n) is 9.39. The van der Waals surface area contributed by atoms with Crippen molar-refractivity contribution in [3.8, 4) is 0 Å². The lowest BCUT2D eigenvalue weighted by Gasteiger charge is -2.32. The van der Waals surface area contributed by atoms with E-state index in [4.69, 9.17) is 4.74 Å². The second kappa shape index (κ2) is 8.70. The Bertz CT molecular complexity index is 760. The average molecular weight is 369 g/mol. The molecular weight excluding hydrogens is 342 g/mol. The van der Waals surface area contributed by atoms with Gasteiger partial charge in [-0.05, 0) is 38.8 Å². The van der Waals surface area contributed by atoms with Gasteiger partial charge >= 0.3 is 6.09 Å². The number of aromatic nitrogens is 2. The maximum Gasteiger partial charge on any atom is 0.409 e. The quantitative estimate of drug-likeness (QED) is 0.869. The minimum atomic E-state index is -0.222. The molecule has 1 aliphatic heterocycles. The number of nitrogens with one attached hydrogen (secondary N) is 1. The van der Waals surface area contributed by atoms with Crippen LogP contribution >= 0.6 is 0 Å². The molecule has 1 aromatic heterocycles. The molecule has 7 nitrogen and oxygen atoms in total. The summed E-state index contributed by atoms with van der Waals surface area (Å²) in [7, 11) is 2.00. The molecule has 1 fully saturated rings. The predicted octanol–water partition coefficient (Wildman–Crippen LogP) is 3.59. The number of carbonyl (C=O) groups is 1. The van der Waals surface area contributed by atoms with Gasteiger partial charge in [-0.15, -0.1) is 0 Å². The summed E-state index contributed by atoms with van der Waals surface area (Å²) in [6.45, 7) is 5.52. The molecule has 2 heterocycles. The highest BCUT2D eigenvalue weighted by molar-refractivity contribution is 5.67. The van der Waals surface area contributed by atoms with Crippen LogP contribution in [-0.2, 0) is 4.74 Å². The number of benzene rings is 1. The molecule has 0 atom stereocenters. The van der Waals surface area contributed by atoms with Gasteiger partial charge in [0.2, 0.25) is 0 Å². The monoisotopic (exact) mass is 369 g/mol. The van der Waals surface area contributed by atoms with Gasteiger partial charge in [-0.2, -0.15) is 0 Å². The second-order valence-electron chi connectivity index (χ2n) is 6.66. The van der Waals surface area contributed by atoms with Gasteiger partial charge in [0.05, 0.1) is 6.61 Å². The van der Waals surface area contributed by atoms with Crippen LogP contribution in [0.4, 0.5) is 22.1 Å². The number of para-hydroxylation sites is 1. The molecular formula is C20H27N5O2. The molecule has 7 heteroatoms. The molecule has 1 saturated heterocycles. The van der Waals surface area contributed by atoms with E-state index in [-0.39, 0.29) is 12.1 Å². The van der Waals surface area contributed by atoms with E-state index in [0.29, 0.717) is 19.7 Å². The zero-order chi connectivity index (χ0) is 19.2. The van der Waals surface area contributed by atoms with E-state index in [9.17, 15) is 4.79 Å². The molecule has 144 valence electrons. The Labute approximate surface area is 160 Å². The summed E-state index contributed by atoms with van der Waals surface area (Å²) in [4.78, 5) is 24.7. The van der Waals surface area contributed by atoms with E-state index >= 15 is 0 Å². The highest BCUT2D eigenvalue weighted by Crippen LogP contribution is 2.24. The minimum absolute atomic E-state index is 0.222. The first-order valence-corrected chi connectivity index (χ1v) is 9.39. The fourth-order valence-corrected chi connectivity index (χ4v) is 3.21. The van der Waals surface area contributed by atoms with E-state index in [1.807, 2.05) is 50.1 Å². The summed E-state index contributed by atoms with van der Waals surface area (Å²) < 4.78 is 5.08. The number of anilines is 3. The molecule has 0 bridgehead atoms. The number of hydrogen-bond donors (Lipinski definition) is 1. The Morgan fingerprint density at radius 1 is 1.26 bits per heavy atom. The molecule has 3 rings (SSSR count). The molecule has 0 saturated carbocycles. The first-order chi connectivity index (χ1) is 13.1. The molecule has 1 amide bonds. The largest absolute Gasteiger partial charge is 0.450 e. The molecule has 0 unspecified atom stereocenters. The fraction of sp³-hybridized carbons (Fsp3) is 0.450. The smallest absolute Gasteiger partial charge is 0.409 e. The standard InChI is InChI=1S/C20H27N5O2/c1-4-27-20(26)25-12-10-16(11-13-25)23-18-14-19(22-15(2)21-18)24(3)17-8-6-5-7-9-17/h5-9,14,16H,4,10-13H2,1-3H3,(H,21,22,23). The van der Waals surface area contributed by atoms with E-state index in [0.717, 1.165) is 36.0 Å². The zero-order valence-corrected chi connectivity index (χ0v) is 16.2. The number of rotatable bonds is 5. The molecule has 0 radical (unpaired) electrons. The van der Waals surface area contributed by atoms with Crippen molar-refractivity contribution < 1.29 is 9.53 Å². The van der Waals surface area contributed by atoms with Crippen LogP contribution < -0.4 is 10.2 Å². The number of likely N-dealkylation sites (tertiary alicyclic amines) is 1. The van der Waals surface area contributed by atoms with E-state index < -0.39 is 0 Å². The number of amides is 1. The van der Waals surface area contributed by atoms with Gasteiger partial charge in [0.1, 0.15) is 17.5 Å². The average Bonchev–Trinajstić information content (AvgIpc) is 2.68. The maximum absolute atomic E-state index is 11.8. The summed E-state index contributed by atoms with van der Waals surface area (Å²) in [5, 5.41) is 3.50. The molecule has 27 heavy (non-hydrogen) atoms. The lowest BCUT2D eigenvalue weighted by molar-refractivity contribution is 0.0983. The summed E-state index contributed by atoms with van der Waals surface area (Å²) in [5.74, 6) is 2.39. The lowest BCUT2D eigenvalue weighted by Crippen LogP contribution is -2.42. The Balaban J connectivity index is 1.65. The molecule has 1 aliphatic rings. The van der Waals surface area contributed by atoms with Crippen LogP contribution in [0.2, 0.25) is 0 Å². The van der Waals surface area contributed by atoms with Gasteiger partial charge < -0.3 is 19.9 Å². The van der Waals surface area contributed by atoms with Crippen molar-refractivity contribution in [1.29, 1.82) is 0 Å². The summed E-state index contributed by atoms with van der Waals surface area (Å²) >= 11 is 0. The lowest BCUT2D eigenvalue weighted by atomic mass is 10.1. The topological polar surface area (TPSA) is 70.6 Å². The van der Waals surface area contributed by atoms with Crippen LogP contribution in [0.15, 0.2) is 36.4 Å². The van der Waals surface area contributed by atoms with Crippen LogP contribution in [0.5, 0.6) is 0 Å². The van der Waals surface area contributed by atoms with Crippen molar-refractivity contribution in [3.05, 3.63) is 42.2 Å². The number of nitrogens with zero attached hydrogens (tertiary/aromatic N) is 4. The highest BCUT2D eigenvalue weighted by atomic mass is 16.6. The third kappa shape index (κ3) is 4.87. The predicted molar refractivity (Wildman–Crippen MR) is 107 cm³/mol. The first kappa shape index (κ1) is 18.9. The van der Waals surface area contributed by atoms with Crippen LogP contribution in [0.25, 0.3) is 0 Å². The minimum Gasteiger partial charge on any atom is -0.450 e. The van der Waals surface area contributed by atoms with Gasteiger partial charge in [-0.25, -0.2) is 14.8 Å². The number of hydrogen-bond acceptors (Lipinski definition) is 6. The highest BCUT2D eigenvalue weighted by Gasteiger charge is 2.24. The summed E-state index contributed by atoms with van der Waals surface area (Å²) in [5.41, 5.74) is 1.07. The normalized spacial score (nSPS) is 14.7. The third-order valence-corrected chi connectivity index (χ3v) is 4.68. The van der Waals surface area contributed by atoms with Crippen LogP contribution in [0.3, 0.4) is 0 Å². The molecule has 1 N–H and O–H groups in total. The van der Waals surface area contributed by atoms with Crippen LogP contribution in [0.1, 0.15) is 25.6 Å². The van der Waals surface area contributed by atoms with Crippen molar-refractivity contribution in [2.24, 2.45) is 0 Å². The van der Waals surface area contributed by atoms with E-state index in [1.165, 1.54) is 0 Å². The van der Waals surface area contributed by atoms with Crippen molar-refractivity contribution in [1.82, 2.24) is 14.9 Å². The Morgan fingerprint density at radius 3 is 2.63 bits per heavy atom. The Kier molecular flexibility index (Phi) is 6.11. The van der Waals surface area contributed by atoms with E-state index in [1.54, 1.807) is 4.90 Å². The second-order valence-corrected chi connectivity index (χ2v) is 6.66. The molecule has 0 aliphatic carbocycles.